The average molecular weight is 250 g/mol. The molecular formula is C14H22N2O2. The van der Waals surface area contributed by atoms with E-state index in [1.165, 1.54) is 0 Å². The molecule has 0 saturated heterocycles. The van der Waals surface area contributed by atoms with Crippen molar-refractivity contribution in [3.05, 3.63) is 29.8 Å². The zero-order valence-electron chi connectivity index (χ0n) is 11.1. The number of benzene rings is 1. The minimum atomic E-state index is -0.412. The van der Waals surface area contributed by atoms with Crippen molar-refractivity contribution < 1.29 is 9.53 Å². The Morgan fingerprint density at radius 1 is 1.44 bits per heavy atom. The van der Waals surface area contributed by atoms with Crippen molar-refractivity contribution in [1.29, 1.82) is 0 Å². The van der Waals surface area contributed by atoms with Crippen molar-refractivity contribution >= 4 is 5.91 Å². The molecule has 0 saturated carbocycles. The summed E-state index contributed by atoms with van der Waals surface area (Å²) in [4.78, 5) is 11.6. The number of carbonyl (C=O) groups excluding carboxylic acids is 1. The SMILES string of the molecule is CCCC(N)C(=O)NCc1cccc(OCC)c1. The Hall–Kier alpha value is -1.55. The lowest BCUT2D eigenvalue weighted by molar-refractivity contribution is -0.122. The fraction of sp³-hybridized carbons (Fsp3) is 0.500. The molecule has 0 fully saturated rings. The minimum Gasteiger partial charge on any atom is -0.494 e. The summed E-state index contributed by atoms with van der Waals surface area (Å²) in [5.74, 6) is 0.723. The summed E-state index contributed by atoms with van der Waals surface area (Å²) in [5, 5.41) is 2.83. The standard InChI is InChI=1S/C14H22N2O2/c1-3-6-13(15)14(17)16-10-11-7-5-8-12(9-11)18-4-2/h5,7-9,13H,3-4,6,10,15H2,1-2H3,(H,16,17). The van der Waals surface area contributed by atoms with Gasteiger partial charge in [0.15, 0.2) is 0 Å². The van der Waals surface area contributed by atoms with Gasteiger partial charge in [-0.25, -0.2) is 0 Å². The van der Waals surface area contributed by atoms with E-state index in [2.05, 4.69) is 5.32 Å². The van der Waals surface area contributed by atoms with Crippen molar-refractivity contribution in [2.75, 3.05) is 6.61 Å². The van der Waals surface area contributed by atoms with Crippen LogP contribution in [0.4, 0.5) is 0 Å². The van der Waals surface area contributed by atoms with Crippen LogP contribution < -0.4 is 15.8 Å². The third kappa shape index (κ3) is 4.75. The van der Waals surface area contributed by atoms with Crippen LogP contribution in [0.2, 0.25) is 0 Å². The topological polar surface area (TPSA) is 64.4 Å². The summed E-state index contributed by atoms with van der Waals surface area (Å²) in [5.41, 5.74) is 6.74. The molecule has 4 nitrogen and oxygen atoms in total. The number of amides is 1. The summed E-state index contributed by atoms with van der Waals surface area (Å²) in [6.45, 7) is 5.07. The first-order chi connectivity index (χ1) is 8.67. The van der Waals surface area contributed by atoms with Gasteiger partial charge >= 0.3 is 0 Å². The van der Waals surface area contributed by atoms with Crippen LogP contribution in [0.25, 0.3) is 0 Å². The molecule has 1 aromatic carbocycles. The van der Waals surface area contributed by atoms with Gasteiger partial charge in [0.2, 0.25) is 5.91 Å². The minimum absolute atomic E-state index is 0.0985. The highest BCUT2D eigenvalue weighted by Gasteiger charge is 2.11. The molecule has 1 amide bonds. The first-order valence-corrected chi connectivity index (χ1v) is 6.42. The first kappa shape index (κ1) is 14.5. The largest absolute Gasteiger partial charge is 0.494 e. The van der Waals surface area contributed by atoms with Gasteiger partial charge in [-0.3, -0.25) is 4.79 Å². The van der Waals surface area contributed by atoms with Crippen molar-refractivity contribution in [1.82, 2.24) is 5.32 Å². The number of nitrogens with one attached hydrogen (secondary N) is 1. The van der Waals surface area contributed by atoms with Crippen LogP contribution in [0, 0.1) is 0 Å². The molecule has 1 aromatic rings. The van der Waals surface area contributed by atoms with Gasteiger partial charge in [0.05, 0.1) is 12.6 Å². The van der Waals surface area contributed by atoms with Crippen molar-refractivity contribution in [3.63, 3.8) is 0 Å². The lowest BCUT2D eigenvalue weighted by Gasteiger charge is -2.11. The Kier molecular flexibility index (Phi) is 6.22. The summed E-state index contributed by atoms with van der Waals surface area (Å²) in [7, 11) is 0. The van der Waals surface area contributed by atoms with E-state index in [0.29, 0.717) is 19.6 Å². The van der Waals surface area contributed by atoms with Gasteiger partial charge < -0.3 is 15.8 Å². The third-order valence-electron chi connectivity index (χ3n) is 2.61. The molecular weight excluding hydrogens is 228 g/mol. The zero-order chi connectivity index (χ0) is 13.4. The quantitative estimate of drug-likeness (QED) is 0.776. The molecule has 1 unspecified atom stereocenters. The van der Waals surface area contributed by atoms with Crippen LogP contribution >= 0.6 is 0 Å². The van der Waals surface area contributed by atoms with Crippen LogP contribution in [0.5, 0.6) is 5.75 Å². The van der Waals surface area contributed by atoms with E-state index in [9.17, 15) is 4.79 Å². The van der Waals surface area contributed by atoms with Crippen LogP contribution in [0.15, 0.2) is 24.3 Å². The maximum absolute atomic E-state index is 11.6. The molecule has 0 aliphatic rings. The van der Waals surface area contributed by atoms with Gasteiger partial charge in [-0.1, -0.05) is 25.5 Å². The van der Waals surface area contributed by atoms with E-state index >= 15 is 0 Å². The lowest BCUT2D eigenvalue weighted by atomic mass is 10.1. The maximum Gasteiger partial charge on any atom is 0.237 e. The van der Waals surface area contributed by atoms with Crippen LogP contribution in [-0.4, -0.2) is 18.6 Å². The number of hydrogen-bond donors (Lipinski definition) is 2. The van der Waals surface area contributed by atoms with Gasteiger partial charge in [-0.05, 0) is 31.0 Å². The second-order valence-corrected chi connectivity index (χ2v) is 4.19. The predicted molar refractivity (Wildman–Crippen MR) is 72.3 cm³/mol. The Morgan fingerprint density at radius 2 is 2.22 bits per heavy atom. The Labute approximate surface area is 109 Å². The van der Waals surface area contributed by atoms with Crippen LogP contribution in [0.3, 0.4) is 0 Å². The zero-order valence-corrected chi connectivity index (χ0v) is 11.1. The van der Waals surface area contributed by atoms with Crippen molar-refractivity contribution in [2.45, 2.75) is 39.3 Å². The van der Waals surface area contributed by atoms with Crippen molar-refractivity contribution in [2.24, 2.45) is 5.73 Å². The molecule has 1 atom stereocenters. The van der Waals surface area contributed by atoms with Crippen LogP contribution in [0.1, 0.15) is 32.3 Å². The van der Waals surface area contributed by atoms with Gasteiger partial charge in [0.25, 0.3) is 0 Å². The van der Waals surface area contributed by atoms with E-state index in [1.54, 1.807) is 0 Å². The number of rotatable bonds is 7. The third-order valence-corrected chi connectivity index (χ3v) is 2.61. The number of hydrogen-bond acceptors (Lipinski definition) is 3. The highest BCUT2D eigenvalue weighted by Crippen LogP contribution is 2.13. The Bertz CT molecular complexity index is 380. The number of nitrogens with two attached hydrogens (primary N) is 1. The van der Waals surface area contributed by atoms with Crippen LogP contribution in [-0.2, 0) is 11.3 Å². The molecule has 100 valence electrons. The highest BCUT2D eigenvalue weighted by atomic mass is 16.5. The van der Waals surface area contributed by atoms with Crippen molar-refractivity contribution in [3.8, 4) is 5.75 Å². The molecule has 3 N–H and O–H groups in total. The molecule has 0 aliphatic heterocycles. The maximum atomic E-state index is 11.6. The summed E-state index contributed by atoms with van der Waals surface area (Å²) >= 11 is 0. The molecule has 4 heteroatoms. The number of carbonyl (C=O) groups is 1. The molecule has 0 radical (unpaired) electrons. The summed E-state index contributed by atoms with van der Waals surface area (Å²) < 4.78 is 5.40. The predicted octanol–water partition coefficient (Wildman–Crippen LogP) is 1.83. The second kappa shape index (κ2) is 7.71. The Morgan fingerprint density at radius 3 is 2.89 bits per heavy atom. The van der Waals surface area contributed by atoms with E-state index in [0.717, 1.165) is 17.7 Å². The summed E-state index contributed by atoms with van der Waals surface area (Å²) in [6.07, 6.45) is 1.62. The lowest BCUT2D eigenvalue weighted by Crippen LogP contribution is -2.40. The Balaban J connectivity index is 2.47. The smallest absolute Gasteiger partial charge is 0.237 e. The molecule has 0 heterocycles. The first-order valence-electron chi connectivity index (χ1n) is 6.42. The fourth-order valence-electron chi connectivity index (χ4n) is 1.67. The molecule has 0 bridgehead atoms. The summed E-state index contributed by atoms with van der Waals surface area (Å²) in [6, 6.07) is 7.28. The van der Waals surface area contributed by atoms with Gasteiger partial charge in [-0.2, -0.15) is 0 Å². The molecule has 1 rings (SSSR count). The van der Waals surface area contributed by atoms with E-state index in [-0.39, 0.29) is 5.91 Å². The molecule has 18 heavy (non-hydrogen) atoms. The second-order valence-electron chi connectivity index (χ2n) is 4.19. The van der Waals surface area contributed by atoms with Gasteiger partial charge in [-0.15, -0.1) is 0 Å². The monoisotopic (exact) mass is 250 g/mol. The fourth-order valence-corrected chi connectivity index (χ4v) is 1.67. The normalized spacial score (nSPS) is 11.9. The van der Waals surface area contributed by atoms with E-state index < -0.39 is 6.04 Å². The van der Waals surface area contributed by atoms with E-state index in [1.807, 2.05) is 38.1 Å². The van der Waals surface area contributed by atoms with E-state index in [4.69, 9.17) is 10.5 Å². The van der Waals surface area contributed by atoms with Gasteiger partial charge in [0.1, 0.15) is 5.75 Å². The molecule has 0 aliphatic carbocycles. The number of ether oxygens (including phenoxy) is 1. The highest BCUT2D eigenvalue weighted by molar-refractivity contribution is 5.81. The molecule has 0 spiro atoms. The molecule has 0 aromatic heterocycles. The van der Waals surface area contributed by atoms with Gasteiger partial charge in [0, 0.05) is 6.54 Å². The average Bonchev–Trinajstić information content (AvgIpc) is 2.37.